The number of anilines is 1. The van der Waals surface area contributed by atoms with E-state index in [-0.39, 0.29) is 5.91 Å². The smallest absolute Gasteiger partial charge is 0.251 e. The van der Waals surface area contributed by atoms with Crippen LogP contribution in [0.1, 0.15) is 67.3 Å². The van der Waals surface area contributed by atoms with Crippen LogP contribution >= 0.6 is 23.4 Å². The first-order valence-corrected chi connectivity index (χ1v) is 13.9. The van der Waals surface area contributed by atoms with Gasteiger partial charge >= 0.3 is 0 Å². The highest BCUT2D eigenvalue weighted by molar-refractivity contribution is 7.98. The molecule has 0 radical (unpaired) electrons. The third-order valence-electron chi connectivity index (χ3n) is 6.89. The number of halogens is 1. The molecule has 1 aliphatic heterocycles. The quantitative estimate of drug-likeness (QED) is 0.282. The van der Waals surface area contributed by atoms with Gasteiger partial charge in [-0.1, -0.05) is 61.2 Å². The molecule has 1 saturated heterocycles. The van der Waals surface area contributed by atoms with Gasteiger partial charge in [-0.2, -0.15) is 0 Å². The van der Waals surface area contributed by atoms with Crippen LogP contribution in [0.25, 0.3) is 0 Å². The van der Waals surface area contributed by atoms with Crippen molar-refractivity contribution < 1.29 is 4.79 Å². The molecule has 34 heavy (non-hydrogen) atoms. The van der Waals surface area contributed by atoms with Gasteiger partial charge in [-0.05, 0) is 56.5 Å². The molecule has 0 bridgehead atoms. The minimum atomic E-state index is -0.00946. The monoisotopic (exact) mass is 501 g/mol. The third-order valence-corrected chi connectivity index (χ3v) is 8.00. The molecule has 2 fully saturated rings. The van der Waals surface area contributed by atoms with Crippen molar-refractivity contribution in [2.75, 3.05) is 38.1 Å². The third kappa shape index (κ3) is 7.33. The highest BCUT2D eigenvalue weighted by atomic mass is 35.5. The number of benzene rings is 1. The van der Waals surface area contributed by atoms with Crippen molar-refractivity contribution in [1.82, 2.24) is 20.2 Å². The Balaban J connectivity index is 1.27. The highest BCUT2D eigenvalue weighted by Gasteiger charge is 2.20. The average molecular weight is 502 g/mol. The van der Waals surface area contributed by atoms with Gasteiger partial charge in [-0.25, -0.2) is 9.97 Å². The number of nitrogens with zero attached hydrogens (tertiary/aromatic N) is 4. The summed E-state index contributed by atoms with van der Waals surface area (Å²) in [5.74, 6) is 1.61. The Morgan fingerprint density at radius 3 is 2.53 bits per heavy atom. The van der Waals surface area contributed by atoms with Gasteiger partial charge in [0.1, 0.15) is 11.0 Å². The SMILES string of the molecule is CN(c1cc(Cl)nc(SCc2ccc(C(=O)NCCN3CCCCC3)cc2)n1)C1CCCCC1. The molecule has 1 N–H and O–H groups in total. The maximum atomic E-state index is 12.5. The number of nitrogens with one attached hydrogen (secondary N) is 1. The minimum Gasteiger partial charge on any atom is -0.357 e. The summed E-state index contributed by atoms with van der Waals surface area (Å²) in [5, 5.41) is 4.21. The summed E-state index contributed by atoms with van der Waals surface area (Å²) in [4.78, 5) is 26.3. The molecule has 2 aliphatic rings. The second-order valence-corrected chi connectivity index (χ2v) is 10.7. The van der Waals surface area contributed by atoms with Crippen molar-refractivity contribution in [3.05, 3.63) is 46.6 Å². The molecular weight excluding hydrogens is 466 g/mol. The normalized spacial score (nSPS) is 17.5. The summed E-state index contributed by atoms with van der Waals surface area (Å²) in [6, 6.07) is 10.2. The van der Waals surface area contributed by atoms with Crippen LogP contribution < -0.4 is 10.2 Å². The van der Waals surface area contributed by atoms with E-state index >= 15 is 0 Å². The minimum absolute atomic E-state index is 0.00946. The zero-order chi connectivity index (χ0) is 23.8. The second kappa shape index (κ2) is 12.8. The van der Waals surface area contributed by atoms with Crippen LogP contribution in [0.3, 0.4) is 0 Å². The maximum Gasteiger partial charge on any atom is 0.251 e. The predicted molar refractivity (Wildman–Crippen MR) is 141 cm³/mol. The second-order valence-electron chi connectivity index (χ2n) is 9.38. The zero-order valence-electron chi connectivity index (χ0n) is 20.1. The van der Waals surface area contributed by atoms with E-state index in [4.69, 9.17) is 16.6 Å². The molecule has 2 aromatic rings. The first kappa shape index (κ1) is 25.3. The van der Waals surface area contributed by atoms with Crippen LogP contribution in [0.2, 0.25) is 5.15 Å². The van der Waals surface area contributed by atoms with Gasteiger partial charge in [-0.3, -0.25) is 4.79 Å². The van der Waals surface area contributed by atoms with Gasteiger partial charge in [0.2, 0.25) is 0 Å². The van der Waals surface area contributed by atoms with Crippen LogP contribution in [-0.2, 0) is 5.75 Å². The molecule has 1 aromatic carbocycles. The predicted octanol–water partition coefficient (Wildman–Crippen LogP) is 5.41. The molecule has 1 aromatic heterocycles. The largest absolute Gasteiger partial charge is 0.357 e. The molecule has 2 heterocycles. The lowest BCUT2D eigenvalue weighted by Crippen LogP contribution is -2.37. The number of hydrogen-bond donors (Lipinski definition) is 1. The summed E-state index contributed by atoms with van der Waals surface area (Å²) in [6.45, 7) is 3.92. The molecule has 1 aliphatic carbocycles. The van der Waals surface area contributed by atoms with Gasteiger partial charge < -0.3 is 15.1 Å². The van der Waals surface area contributed by atoms with Gasteiger partial charge in [0.25, 0.3) is 5.91 Å². The first-order chi connectivity index (χ1) is 16.6. The first-order valence-electron chi connectivity index (χ1n) is 12.6. The Kier molecular flexibility index (Phi) is 9.48. The molecule has 1 saturated carbocycles. The molecule has 6 nitrogen and oxygen atoms in total. The fourth-order valence-corrected chi connectivity index (χ4v) is 5.84. The summed E-state index contributed by atoms with van der Waals surface area (Å²) in [5.41, 5.74) is 1.82. The summed E-state index contributed by atoms with van der Waals surface area (Å²) in [7, 11) is 2.11. The number of rotatable bonds is 9. The Bertz CT molecular complexity index is 929. The van der Waals surface area contributed by atoms with E-state index in [1.807, 2.05) is 30.3 Å². The van der Waals surface area contributed by atoms with Crippen molar-refractivity contribution in [3.8, 4) is 0 Å². The van der Waals surface area contributed by atoms with Crippen LogP contribution in [0.15, 0.2) is 35.5 Å². The van der Waals surface area contributed by atoms with Gasteiger partial charge in [0, 0.05) is 43.6 Å². The van der Waals surface area contributed by atoms with E-state index in [2.05, 4.69) is 27.1 Å². The molecule has 8 heteroatoms. The van der Waals surface area contributed by atoms with E-state index in [0.717, 1.165) is 36.8 Å². The van der Waals surface area contributed by atoms with Crippen LogP contribution in [0, 0.1) is 0 Å². The highest BCUT2D eigenvalue weighted by Crippen LogP contribution is 2.28. The van der Waals surface area contributed by atoms with E-state index in [0.29, 0.717) is 28.5 Å². The maximum absolute atomic E-state index is 12.5. The van der Waals surface area contributed by atoms with Gasteiger partial charge in [-0.15, -0.1) is 0 Å². The number of piperidine rings is 1. The van der Waals surface area contributed by atoms with Crippen LogP contribution in [-0.4, -0.2) is 60.0 Å². The molecule has 4 rings (SSSR count). The number of aromatic nitrogens is 2. The Labute approximate surface area is 212 Å². The Morgan fingerprint density at radius 2 is 1.79 bits per heavy atom. The van der Waals surface area contributed by atoms with Crippen LogP contribution in [0.5, 0.6) is 0 Å². The number of carbonyl (C=O) groups excluding carboxylic acids is 1. The topological polar surface area (TPSA) is 61.4 Å². The standard InChI is InChI=1S/C26H36ClN5OS/c1-31(22-8-4-2-5-9-22)24-18-23(27)29-26(30-24)34-19-20-10-12-21(13-11-20)25(33)28-14-17-32-15-6-3-7-16-32/h10-13,18,22H,2-9,14-17,19H2,1H3,(H,28,33). The van der Waals surface area contributed by atoms with Gasteiger partial charge in [0.05, 0.1) is 0 Å². The van der Waals surface area contributed by atoms with E-state index in [9.17, 15) is 4.79 Å². The summed E-state index contributed by atoms with van der Waals surface area (Å²) in [6.07, 6.45) is 10.2. The zero-order valence-corrected chi connectivity index (χ0v) is 21.7. The fourth-order valence-electron chi connectivity index (χ4n) is 4.80. The molecular formula is C26H36ClN5OS. The summed E-state index contributed by atoms with van der Waals surface area (Å²) >= 11 is 7.89. The fraction of sp³-hybridized carbons (Fsp3) is 0.577. The van der Waals surface area contributed by atoms with Crippen molar-refractivity contribution >= 4 is 35.1 Å². The van der Waals surface area contributed by atoms with Crippen molar-refractivity contribution in [1.29, 1.82) is 0 Å². The van der Waals surface area contributed by atoms with Crippen molar-refractivity contribution in [2.45, 2.75) is 68.3 Å². The molecule has 0 unspecified atom stereocenters. The lowest BCUT2D eigenvalue weighted by Gasteiger charge is -2.32. The number of hydrogen-bond acceptors (Lipinski definition) is 6. The van der Waals surface area contributed by atoms with Crippen molar-refractivity contribution in [3.63, 3.8) is 0 Å². The number of amides is 1. The van der Waals surface area contributed by atoms with Gasteiger partial charge in [0.15, 0.2) is 5.16 Å². The number of likely N-dealkylation sites (tertiary alicyclic amines) is 1. The Morgan fingerprint density at radius 1 is 1.09 bits per heavy atom. The average Bonchev–Trinajstić information content (AvgIpc) is 2.88. The number of thioether (sulfide) groups is 1. The molecule has 0 atom stereocenters. The lowest BCUT2D eigenvalue weighted by molar-refractivity contribution is 0.0946. The van der Waals surface area contributed by atoms with E-state index < -0.39 is 0 Å². The number of carbonyl (C=O) groups is 1. The Hall–Kier alpha value is -1.83. The lowest BCUT2D eigenvalue weighted by atomic mass is 9.94. The molecule has 184 valence electrons. The molecule has 1 amide bonds. The van der Waals surface area contributed by atoms with Crippen molar-refractivity contribution in [2.24, 2.45) is 0 Å². The van der Waals surface area contributed by atoms with E-state index in [1.165, 1.54) is 51.4 Å². The van der Waals surface area contributed by atoms with Crippen LogP contribution in [0.4, 0.5) is 5.82 Å². The van der Waals surface area contributed by atoms with E-state index in [1.54, 1.807) is 11.8 Å². The molecule has 0 spiro atoms. The summed E-state index contributed by atoms with van der Waals surface area (Å²) < 4.78 is 0.